The highest BCUT2D eigenvalue weighted by Crippen LogP contribution is 2.29. The Morgan fingerprint density at radius 3 is 2.40 bits per heavy atom. The van der Waals surface area contributed by atoms with Gasteiger partial charge in [0.15, 0.2) is 0 Å². The zero-order valence-electron chi connectivity index (χ0n) is 19.2. The fraction of sp³-hybridized carbons (Fsp3) is 0.240. The number of benzene rings is 3. The molecule has 0 unspecified atom stereocenters. The number of ether oxygens (including phenoxy) is 1. The van der Waals surface area contributed by atoms with Crippen LogP contribution in [0.4, 0.5) is 0 Å². The summed E-state index contributed by atoms with van der Waals surface area (Å²) in [7, 11) is -2.39. The van der Waals surface area contributed by atoms with E-state index < -0.39 is 15.9 Å². The van der Waals surface area contributed by atoms with Crippen LogP contribution in [0.15, 0.2) is 64.0 Å². The molecule has 0 atom stereocenters. The SMILES string of the molecule is COc1ccc(CCNS(=O)(=O)c2cc(C(=O)NCCc3cccc(Br)c3C)c(Cl)cc2Cl)cc1. The molecular formula is C25H25BrCl2N2O4S. The molecule has 0 heterocycles. The molecule has 0 saturated heterocycles. The molecule has 35 heavy (non-hydrogen) atoms. The molecule has 186 valence electrons. The molecule has 10 heteroatoms. The summed E-state index contributed by atoms with van der Waals surface area (Å²) in [6.45, 7) is 2.51. The zero-order chi connectivity index (χ0) is 25.6. The smallest absolute Gasteiger partial charge is 0.252 e. The van der Waals surface area contributed by atoms with Crippen LogP contribution in [0.5, 0.6) is 5.75 Å². The molecule has 1 amide bonds. The fourth-order valence-corrected chi connectivity index (χ4v) is 5.73. The first-order chi connectivity index (χ1) is 16.6. The summed E-state index contributed by atoms with van der Waals surface area (Å²) >= 11 is 15.9. The third kappa shape index (κ3) is 7.21. The van der Waals surface area contributed by atoms with E-state index in [-0.39, 0.29) is 27.0 Å². The molecule has 0 bridgehead atoms. The monoisotopic (exact) mass is 598 g/mol. The van der Waals surface area contributed by atoms with Crippen LogP contribution in [0, 0.1) is 6.92 Å². The zero-order valence-corrected chi connectivity index (χ0v) is 23.1. The second kappa shape index (κ2) is 12.2. The Labute approximate surface area is 224 Å². The Balaban J connectivity index is 1.67. The van der Waals surface area contributed by atoms with Crippen LogP contribution >= 0.6 is 39.1 Å². The van der Waals surface area contributed by atoms with Crippen LogP contribution in [0.1, 0.15) is 27.0 Å². The minimum absolute atomic E-state index is 0.0394. The number of methoxy groups -OCH3 is 1. The molecule has 0 spiro atoms. The molecule has 0 aromatic heterocycles. The van der Waals surface area contributed by atoms with Crippen molar-refractivity contribution in [2.75, 3.05) is 20.2 Å². The first-order valence-electron chi connectivity index (χ1n) is 10.8. The lowest BCUT2D eigenvalue weighted by Gasteiger charge is -2.13. The lowest BCUT2D eigenvalue weighted by atomic mass is 10.1. The van der Waals surface area contributed by atoms with E-state index in [2.05, 4.69) is 26.0 Å². The van der Waals surface area contributed by atoms with Crippen molar-refractivity contribution in [2.24, 2.45) is 0 Å². The van der Waals surface area contributed by atoms with Gasteiger partial charge in [0.1, 0.15) is 10.6 Å². The van der Waals surface area contributed by atoms with Crippen LogP contribution in [0.3, 0.4) is 0 Å². The molecule has 2 N–H and O–H groups in total. The first-order valence-corrected chi connectivity index (χ1v) is 13.8. The molecule has 3 aromatic rings. The maximum Gasteiger partial charge on any atom is 0.252 e. The molecule has 0 aliphatic heterocycles. The van der Waals surface area contributed by atoms with Gasteiger partial charge in [0, 0.05) is 17.6 Å². The highest BCUT2D eigenvalue weighted by molar-refractivity contribution is 9.10. The van der Waals surface area contributed by atoms with Crippen molar-refractivity contribution in [1.82, 2.24) is 10.0 Å². The van der Waals surface area contributed by atoms with Gasteiger partial charge in [-0.25, -0.2) is 13.1 Å². The quantitative estimate of drug-likeness (QED) is 0.319. The Bertz CT molecular complexity index is 1320. The number of carbonyl (C=O) groups excluding carboxylic acids is 1. The van der Waals surface area contributed by atoms with Gasteiger partial charge in [-0.1, -0.05) is 63.4 Å². The maximum atomic E-state index is 12.9. The predicted molar refractivity (Wildman–Crippen MR) is 143 cm³/mol. The Hall–Kier alpha value is -2.10. The van der Waals surface area contributed by atoms with E-state index in [1.165, 1.54) is 12.1 Å². The summed E-state index contributed by atoms with van der Waals surface area (Å²) < 4.78 is 34.5. The Morgan fingerprint density at radius 1 is 1.00 bits per heavy atom. The molecule has 0 radical (unpaired) electrons. The number of sulfonamides is 1. The number of hydrogen-bond acceptors (Lipinski definition) is 4. The van der Waals surface area contributed by atoms with Gasteiger partial charge in [-0.05, 0) is 66.8 Å². The Kier molecular flexibility index (Phi) is 9.61. The van der Waals surface area contributed by atoms with Crippen molar-refractivity contribution >= 4 is 55.1 Å². The van der Waals surface area contributed by atoms with Crippen molar-refractivity contribution in [3.05, 3.63) is 91.4 Å². The predicted octanol–water partition coefficient (Wildman–Crippen LogP) is 5.57. The van der Waals surface area contributed by atoms with Crippen molar-refractivity contribution in [3.8, 4) is 5.75 Å². The molecule has 0 aliphatic rings. The second-order valence-electron chi connectivity index (χ2n) is 7.79. The van der Waals surface area contributed by atoms with Gasteiger partial charge >= 0.3 is 0 Å². The third-order valence-electron chi connectivity index (χ3n) is 5.48. The standard InChI is InChI=1S/C25H25BrCl2N2O4S/c1-16-18(4-3-5-21(16)26)11-12-29-25(31)20-14-24(23(28)15-22(20)27)35(32,33)30-13-10-17-6-8-19(34-2)9-7-17/h3-9,14-15,30H,10-13H2,1-2H3,(H,29,31). The topological polar surface area (TPSA) is 84.5 Å². The number of carbonyl (C=O) groups is 1. The fourth-order valence-electron chi connectivity index (χ4n) is 3.44. The van der Waals surface area contributed by atoms with Gasteiger partial charge in [-0.3, -0.25) is 4.79 Å². The largest absolute Gasteiger partial charge is 0.497 e. The van der Waals surface area contributed by atoms with Crippen LogP contribution in [-0.2, 0) is 22.9 Å². The van der Waals surface area contributed by atoms with E-state index in [4.69, 9.17) is 27.9 Å². The molecule has 0 fully saturated rings. The summed E-state index contributed by atoms with van der Waals surface area (Å²) in [4.78, 5) is 12.6. The van der Waals surface area contributed by atoms with E-state index in [1.54, 1.807) is 7.11 Å². The Morgan fingerprint density at radius 2 is 1.71 bits per heavy atom. The molecular weight excluding hydrogens is 575 g/mol. The van der Waals surface area contributed by atoms with E-state index in [0.717, 1.165) is 26.9 Å². The van der Waals surface area contributed by atoms with Crippen molar-refractivity contribution in [1.29, 1.82) is 0 Å². The normalized spacial score (nSPS) is 11.3. The van der Waals surface area contributed by atoms with Gasteiger partial charge in [-0.2, -0.15) is 0 Å². The number of hydrogen-bond donors (Lipinski definition) is 2. The molecule has 3 rings (SSSR count). The second-order valence-corrected chi connectivity index (χ2v) is 11.2. The van der Waals surface area contributed by atoms with E-state index in [0.29, 0.717) is 19.4 Å². The minimum Gasteiger partial charge on any atom is -0.497 e. The average Bonchev–Trinajstić information content (AvgIpc) is 2.82. The van der Waals surface area contributed by atoms with Gasteiger partial charge in [0.25, 0.3) is 5.91 Å². The highest BCUT2D eigenvalue weighted by Gasteiger charge is 2.22. The van der Waals surface area contributed by atoms with E-state index in [1.807, 2.05) is 49.4 Å². The third-order valence-corrected chi connectivity index (χ3v) is 8.58. The van der Waals surface area contributed by atoms with Crippen molar-refractivity contribution in [3.63, 3.8) is 0 Å². The van der Waals surface area contributed by atoms with E-state index in [9.17, 15) is 13.2 Å². The summed E-state index contributed by atoms with van der Waals surface area (Å²) in [5, 5.41) is 2.81. The number of amides is 1. The van der Waals surface area contributed by atoms with Crippen molar-refractivity contribution in [2.45, 2.75) is 24.7 Å². The van der Waals surface area contributed by atoms with Gasteiger partial charge in [-0.15, -0.1) is 0 Å². The summed E-state index contributed by atoms with van der Waals surface area (Å²) in [5.41, 5.74) is 3.17. The van der Waals surface area contributed by atoms with Crippen LogP contribution < -0.4 is 14.8 Å². The number of nitrogens with one attached hydrogen (secondary N) is 2. The van der Waals surface area contributed by atoms with Gasteiger partial charge in [0.05, 0.1) is 22.7 Å². The summed E-state index contributed by atoms with van der Waals surface area (Å²) in [6, 6.07) is 15.7. The molecule has 6 nitrogen and oxygen atoms in total. The molecule has 3 aromatic carbocycles. The lowest BCUT2D eigenvalue weighted by molar-refractivity contribution is 0.0954. The highest BCUT2D eigenvalue weighted by atomic mass is 79.9. The van der Waals surface area contributed by atoms with Crippen LogP contribution in [0.2, 0.25) is 10.0 Å². The van der Waals surface area contributed by atoms with Crippen molar-refractivity contribution < 1.29 is 17.9 Å². The minimum atomic E-state index is -3.97. The van der Waals surface area contributed by atoms with Crippen LogP contribution in [-0.4, -0.2) is 34.5 Å². The average molecular weight is 600 g/mol. The number of halogens is 3. The lowest BCUT2D eigenvalue weighted by Crippen LogP contribution is -2.28. The number of rotatable bonds is 10. The van der Waals surface area contributed by atoms with E-state index >= 15 is 0 Å². The van der Waals surface area contributed by atoms with Crippen LogP contribution in [0.25, 0.3) is 0 Å². The van der Waals surface area contributed by atoms with Gasteiger partial charge in [0.2, 0.25) is 10.0 Å². The van der Waals surface area contributed by atoms with Gasteiger partial charge < -0.3 is 10.1 Å². The summed E-state index contributed by atoms with van der Waals surface area (Å²) in [5.74, 6) is 0.244. The molecule has 0 aliphatic carbocycles. The summed E-state index contributed by atoms with van der Waals surface area (Å²) in [6.07, 6.45) is 1.08. The first kappa shape index (κ1) is 27.5. The molecule has 0 saturated carbocycles. The maximum absolute atomic E-state index is 12.9.